The number of nitrogens with one attached hydrogen (secondary N) is 2. The van der Waals surface area contributed by atoms with Gasteiger partial charge in [0.25, 0.3) is 0 Å². The van der Waals surface area contributed by atoms with Gasteiger partial charge < -0.3 is 0 Å². The molecule has 1 unspecified atom stereocenters. The van der Waals surface area contributed by atoms with Crippen LogP contribution in [0.4, 0.5) is 0 Å². The first-order valence-electron chi connectivity index (χ1n) is 4.41. The SMILES string of the molecule is Cc1csc(C(C)n2c(=O)[nH][nH]c2=S)n1. The maximum atomic E-state index is 11.4. The van der Waals surface area contributed by atoms with Crippen molar-refractivity contribution in [1.82, 2.24) is 19.7 Å². The molecule has 0 spiro atoms. The van der Waals surface area contributed by atoms with Crippen LogP contribution < -0.4 is 5.69 Å². The highest BCUT2D eigenvalue weighted by atomic mass is 32.1. The Morgan fingerprint density at radius 3 is 2.80 bits per heavy atom. The molecule has 80 valence electrons. The molecular weight excluding hydrogens is 232 g/mol. The van der Waals surface area contributed by atoms with Crippen molar-refractivity contribution in [2.45, 2.75) is 19.9 Å². The Labute approximate surface area is 94.8 Å². The molecule has 0 saturated heterocycles. The average molecular weight is 242 g/mol. The Kier molecular flexibility index (Phi) is 2.57. The van der Waals surface area contributed by atoms with E-state index in [4.69, 9.17) is 12.2 Å². The summed E-state index contributed by atoms with van der Waals surface area (Å²) in [5.41, 5.74) is 0.723. The monoisotopic (exact) mass is 242 g/mol. The van der Waals surface area contributed by atoms with E-state index in [9.17, 15) is 4.79 Å². The van der Waals surface area contributed by atoms with Gasteiger partial charge in [-0.2, -0.15) is 0 Å². The van der Waals surface area contributed by atoms with Gasteiger partial charge in [-0.25, -0.2) is 14.9 Å². The van der Waals surface area contributed by atoms with E-state index in [0.717, 1.165) is 10.7 Å². The smallest absolute Gasteiger partial charge is 0.272 e. The molecule has 2 N–H and O–H groups in total. The minimum Gasteiger partial charge on any atom is -0.272 e. The van der Waals surface area contributed by atoms with Crippen LogP contribution in [0.25, 0.3) is 0 Å². The van der Waals surface area contributed by atoms with E-state index < -0.39 is 0 Å². The Morgan fingerprint density at radius 2 is 2.33 bits per heavy atom. The summed E-state index contributed by atoms with van der Waals surface area (Å²) in [6.45, 7) is 3.82. The summed E-state index contributed by atoms with van der Waals surface area (Å²) in [5.74, 6) is 0. The van der Waals surface area contributed by atoms with Crippen molar-refractivity contribution < 1.29 is 0 Å². The van der Waals surface area contributed by atoms with Gasteiger partial charge >= 0.3 is 5.69 Å². The van der Waals surface area contributed by atoms with Gasteiger partial charge in [-0.3, -0.25) is 9.67 Å². The molecule has 2 aromatic rings. The molecule has 2 heterocycles. The van der Waals surface area contributed by atoms with Crippen molar-refractivity contribution in [3.63, 3.8) is 0 Å². The van der Waals surface area contributed by atoms with Crippen molar-refractivity contribution in [2.75, 3.05) is 0 Å². The lowest BCUT2D eigenvalue weighted by atomic mass is 10.3. The minimum atomic E-state index is -0.236. The summed E-state index contributed by atoms with van der Waals surface area (Å²) < 4.78 is 1.87. The fourth-order valence-electron chi connectivity index (χ4n) is 1.35. The highest BCUT2D eigenvalue weighted by Crippen LogP contribution is 2.20. The largest absolute Gasteiger partial charge is 0.343 e. The summed E-state index contributed by atoms with van der Waals surface area (Å²) in [5, 5.41) is 7.90. The molecule has 0 aliphatic heterocycles. The molecule has 0 aliphatic rings. The van der Waals surface area contributed by atoms with Crippen LogP contribution in [0.15, 0.2) is 10.2 Å². The number of hydrogen-bond acceptors (Lipinski definition) is 4. The second-order valence-electron chi connectivity index (χ2n) is 3.23. The minimum absolute atomic E-state index is 0.133. The molecule has 2 aromatic heterocycles. The second-order valence-corrected chi connectivity index (χ2v) is 4.51. The first kappa shape index (κ1) is 10.3. The van der Waals surface area contributed by atoms with Crippen LogP contribution in [0.5, 0.6) is 0 Å². The number of H-pyrrole nitrogens is 2. The maximum absolute atomic E-state index is 11.4. The van der Waals surface area contributed by atoms with Gasteiger partial charge in [0.1, 0.15) is 5.01 Å². The van der Waals surface area contributed by atoms with Crippen molar-refractivity contribution in [1.29, 1.82) is 0 Å². The van der Waals surface area contributed by atoms with Crippen LogP contribution in [-0.2, 0) is 0 Å². The van der Waals surface area contributed by atoms with Crippen LogP contribution in [0, 0.1) is 11.7 Å². The van der Waals surface area contributed by atoms with Gasteiger partial charge in [-0.05, 0) is 26.1 Å². The zero-order valence-corrected chi connectivity index (χ0v) is 9.91. The van der Waals surface area contributed by atoms with Crippen molar-refractivity contribution in [2.24, 2.45) is 0 Å². The summed E-state index contributed by atoms with van der Waals surface area (Å²) in [7, 11) is 0. The molecule has 5 nitrogen and oxygen atoms in total. The third-order valence-electron chi connectivity index (χ3n) is 2.10. The van der Waals surface area contributed by atoms with Crippen LogP contribution in [-0.4, -0.2) is 19.7 Å². The number of aryl methyl sites for hydroxylation is 1. The Hall–Kier alpha value is -1.21. The molecule has 2 rings (SSSR count). The topological polar surface area (TPSA) is 66.5 Å². The van der Waals surface area contributed by atoms with Crippen LogP contribution in [0.1, 0.15) is 23.7 Å². The third-order valence-corrected chi connectivity index (χ3v) is 3.53. The lowest BCUT2D eigenvalue weighted by Crippen LogP contribution is -2.21. The first-order chi connectivity index (χ1) is 7.09. The molecule has 15 heavy (non-hydrogen) atoms. The molecule has 0 bridgehead atoms. The van der Waals surface area contributed by atoms with E-state index in [1.54, 1.807) is 0 Å². The van der Waals surface area contributed by atoms with E-state index in [1.807, 2.05) is 19.2 Å². The van der Waals surface area contributed by atoms with Gasteiger partial charge in [0.2, 0.25) is 0 Å². The molecule has 0 aliphatic carbocycles. The summed E-state index contributed by atoms with van der Waals surface area (Å²) >= 11 is 6.54. The van der Waals surface area contributed by atoms with Crippen LogP contribution in [0.3, 0.4) is 0 Å². The third kappa shape index (κ3) is 1.80. The van der Waals surface area contributed by atoms with Crippen molar-refractivity contribution >= 4 is 23.6 Å². The fraction of sp³-hybridized carbons (Fsp3) is 0.375. The summed E-state index contributed by atoms with van der Waals surface area (Å²) in [6, 6.07) is -0.133. The number of aromatic amines is 2. The second kappa shape index (κ2) is 3.74. The quantitative estimate of drug-likeness (QED) is 0.786. The van der Waals surface area contributed by atoms with Crippen molar-refractivity contribution in [3.05, 3.63) is 31.3 Å². The van der Waals surface area contributed by atoms with Crippen molar-refractivity contribution in [3.8, 4) is 0 Å². The predicted octanol–water partition coefficient (Wildman–Crippen LogP) is 1.61. The average Bonchev–Trinajstić information content (AvgIpc) is 2.73. The van der Waals surface area contributed by atoms with Gasteiger partial charge in [0.05, 0.1) is 6.04 Å². The normalized spacial score (nSPS) is 12.9. The Bertz CT molecular complexity index is 548. The van der Waals surface area contributed by atoms with Crippen LogP contribution >= 0.6 is 23.6 Å². The number of nitrogens with zero attached hydrogens (tertiary/aromatic N) is 2. The standard InChI is InChI=1S/C8H10N4OS2/c1-4-3-15-6(9-4)5(2)12-7(13)10-11-8(12)14/h3,5H,1-2H3,(H,10,13)(H,11,14). The summed E-state index contributed by atoms with van der Waals surface area (Å²) in [6.07, 6.45) is 0. The first-order valence-corrected chi connectivity index (χ1v) is 5.69. The molecular formula is C8H10N4OS2. The van der Waals surface area contributed by atoms with Crippen LogP contribution in [0.2, 0.25) is 0 Å². The van der Waals surface area contributed by atoms with E-state index >= 15 is 0 Å². The van der Waals surface area contributed by atoms with E-state index in [-0.39, 0.29) is 11.7 Å². The molecule has 0 aromatic carbocycles. The van der Waals surface area contributed by atoms with E-state index in [1.165, 1.54) is 15.9 Å². The fourth-order valence-corrected chi connectivity index (χ4v) is 2.48. The Balaban J connectivity index is 2.49. The Morgan fingerprint density at radius 1 is 1.60 bits per heavy atom. The molecule has 0 saturated carbocycles. The number of aromatic nitrogens is 4. The summed E-state index contributed by atoms with van der Waals surface area (Å²) in [4.78, 5) is 15.8. The lowest BCUT2D eigenvalue weighted by molar-refractivity contribution is 0.604. The molecule has 0 amide bonds. The number of rotatable bonds is 2. The highest BCUT2D eigenvalue weighted by molar-refractivity contribution is 7.71. The van der Waals surface area contributed by atoms with Gasteiger partial charge in [-0.1, -0.05) is 0 Å². The zero-order valence-electron chi connectivity index (χ0n) is 8.27. The predicted molar refractivity (Wildman–Crippen MR) is 60.9 cm³/mol. The molecule has 0 radical (unpaired) electrons. The molecule has 7 heteroatoms. The van der Waals surface area contributed by atoms with Gasteiger partial charge in [-0.15, -0.1) is 11.3 Å². The number of hydrogen-bond donors (Lipinski definition) is 2. The van der Waals surface area contributed by atoms with Gasteiger partial charge in [0, 0.05) is 11.1 Å². The molecule has 0 fully saturated rings. The van der Waals surface area contributed by atoms with E-state index in [0.29, 0.717) is 4.77 Å². The maximum Gasteiger partial charge on any atom is 0.343 e. The zero-order chi connectivity index (χ0) is 11.0. The molecule has 1 atom stereocenters. The van der Waals surface area contributed by atoms with E-state index in [2.05, 4.69) is 15.2 Å². The highest BCUT2D eigenvalue weighted by Gasteiger charge is 2.14. The van der Waals surface area contributed by atoms with Gasteiger partial charge in [0.15, 0.2) is 4.77 Å². The number of thiazole rings is 1. The lowest BCUT2D eigenvalue weighted by Gasteiger charge is -2.07.